The third kappa shape index (κ3) is 2.48. The summed E-state index contributed by atoms with van der Waals surface area (Å²) < 4.78 is 10.9. The van der Waals surface area contributed by atoms with Crippen LogP contribution in [0.25, 0.3) is 0 Å². The first kappa shape index (κ1) is 13.7. The smallest absolute Gasteiger partial charge is 0.343 e. The van der Waals surface area contributed by atoms with E-state index in [-0.39, 0.29) is 5.97 Å². The minimum Gasteiger partial charge on any atom is -0.462 e. The molecule has 0 saturated heterocycles. The van der Waals surface area contributed by atoms with Crippen LogP contribution >= 0.6 is 0 Å². The number of aromatic nitrogens is 1. The number of hydrogen-bond acceptors (Lipinski definition) is 4. The Morgan fingerprint density at radius 3 is 2.35 bits per heavy atom. The molecule has 2 aliphatic carbocycles. The zero-order valence-electron chi connectivity index (χ0n) is 12.2. The van der Waals surface area contributed by atoms with Crippen LogP contribution in [0.5, 0.6) is 0 Å². The fraction of sp³-hybridized carbons (Fsp3) is 0.750. The van der Waals surface area contributed by atoms with Crippen molar-refractivity contribution >= 4 is 5.97 Å². The first-order valence-electron chi connectivity index (χ1n) is 7.97. The average Bonchev–Trinajstić information content (AvgIpc) is 3.19. The molecule has 3 rings (SSSR count). The monoisotopic (exact) mass is 277 g/mol. The van der Waals surface area contributed by atoms with Gasteiger partial charge in [-0.15, -0.1) is 0 Å². The second kappa shape index (κ2) is 5.98. The summed E-state index contributed by atoms with van der Waals surface area (Å²) in [5.74, 6) is 1.30. The van der Waals surface area contributed by atoms with Crippen molar-refractivity contribution in [3.63, 3.8) is 0 Å². The third-order valence-corrected chi connectivity index (χ3v) is 4.69. The van der Waals surface area contributed by atoms with Crippen molar-refractivity contribution in [2.75, 3.05) is 6.61 Å². The summed E-state index contributed by atoms with van der Waals surface area (Å²) >= 11 is 0. The molecule has 0 atom stereocenters. The maximum absolute atomic E-state index is 12.3. The van der Waals surface area contributed by atoms with Gasteiger partial charge in [0, 0.05) is 11.8 Å². The highest BCUT2D eigenvalue weighted by Crippen LogP contribution is 2.41. The summed E-state index contributed by atoms with van der Waals surface area (Å²) in [6.45, 7) is 2.24. The molecule has 110 valence electrons. The van der Waals surface area contributed by atoms with Crippen LogP contribution in [0.3, 0.4) is 0 Å². The van der Waals surface area contributed by atoms with Crippen molar-refractivity contribution in [1.82, 2.24) is 5.16 Å². The summed E-state index contributed by atoms with van der Waals surface area (Å²) in [4.78, 5) is 12.3. The second-order valence-electron chi connectivity index (χ2n) is 5.99. The van der Waals surface area contributed by atoms with E-state index in [1.807, 2.05) is 6.92 Å². The predicted octanol–water partition coefficient (Wildman–Crippen LogP) is 4.17. The van der Waals surface area contributed by atoms with Crippen LogP contribution < -0.4 is 0 Å². The molecule has 0 aliphatic heterocycles. The van der Waals surface area contributed by atoms with E-state index < -0.39 is 0 Å². The van der Waals surface area contributed by atoms with Crippen molar-refractivity contribution < 1.29 is 14.1 Å². The SMILES string of the molecule is CCOC(=O)c1c(C2CCCC2)noc1C1CCCC1. The van der Waals surface area contributed by atoms with E-state index in [0.717, 1.165) is 37.1 Å². The first-order chi connectivity index (χ1) is 9.81. The Bertz CT molecular complexity index is 435. The van der Waals surface area contributed by atoms with Gasteiger partial charge in [0.05, 0.1) is 6.61 Å². The zero-order chi connectivity index (χ0) is 13.9. The molecule has 0 amide bonds. The molecule has 2 aliphatic rings. The lowest BCUT2D eigenvalue weighted by Crippen LogP contribution is -2.12. The van der Waals surface area contributed by atoms with E-state index in [1.54, 1.807) is 0 Å². The van der Waals surface area contributed by atoms with Gasteiger partial charge < -0.3 is 9.26 Å². The van der Waals surface area contributed by atoms with E-state index in [0.29, 0.717) is 24.0 Å². The molecule has 4 nitrogen and oxygen atoms in total. The second-order valence-corrected chi connectivity index (χ2v) is 5.99. The van der Waals surface area contributed by atoms with Crippen LogP contribution in [0.1, 0.15) is 91.9 Å². The summed E-state index contributed by atoms with van der Waals surface area (Å²) in [5, 5.41) is 4.27. The molecule has 0 radical (unpaired) electrons. The quantitative estimate of drug-likeness (QED) is 0.775. The van der Waals surface area contributed by atoms with Crippen molar-refractivity contribution in [2.24, 2.45) is 0 Å². The maximum atomic E-state index is 12.3. The summed E-state index contributed by atoms with van der Waals surface area (Å²) in [6.07, 6.45) is 9.30. The number of esters is 1. The van der Waals surface area contributed by atoms with Crippen LogP contribution in [-0.4, -0.2) is 17.7 Å². The molecule has 0 N–H and O–H groups in total. The maximum Gasteiger partial charge on any atom is 0.343 e. The van der Waals surface area contributed by atoms with Gasteiger partial charge >= 0.3 is 5.97 Å². The minimum absolute atomic E-state index is 0.238. The Morgan fingerprint density at radius 2 is 1.75 bits per heavy atom. The molecule has 2 fully saturated rings. The van der Waals surface area contributed by atoms with Crippen molar-refractivity contribution in [3.05, 3.63) is 17.0 Å². The van der Waals surface area contributed by atoms with Gasteiger partial charge in [0.25, 0.3) is 0 Å². The van der Waals surface area contributed by atoms with E-state index in [4.69, 9.17) is 9.26 Å². The zero-order valence-corrected chi connectivity index (χ0v) is 12.2. The van der Waals surface area contributed by atoms with Gasteiger partial charge in [0.1, 0.15) is 11.3 Å². The minimum atomic E-state index is -0.238. The molecule has 0 bridgehead atoms. The average molecular weight is 277 g/mol. The summed E-state index contributed by atoms with van der Waals surface area (Å²) in [5.41, 5.74) is 1.52. The summed E-state index contributed by atoms with van der Waals surface area (Å²) in [7, 11) is 0. The number of rotatable bonds is 4. The largest absolute Gasteiger partial charge is 0.462 e. The fourth-order valence-electron chi connectivity index (χ4n) is 3.67. The van der Waals surface area contributed by atoms with Gasteiger partial charge in [-0.1, -0.05) is 30.8 Å². The Kier molecular flexibility index (Phi) is 4.08. The lowest BCUT2D eigenvalue weighted by atomic mass is 9.94. The van der Waals surface area contributed by atoms with Gasteiger partial charge in [0.2, 0.25) is 0 Å². The molecular weight excluding hydrogens is 254 g/mol. The lowest BCUT2D eigenvalue weighted by molar-refractivity contribution is 0.0521. The van der Waals surface area contributed by atoms with Gasteiger partial charge in [-0.25, -0.2) is 4.79 Å². The first-order valence-corrected chi connectivity index (χ1v) is 7.97. The van der Waals surface area contributed by atoms with Gasteiger partial charge in [-0.2, -0.15) is 0 Å². The molecule has 20 heavy (non-hydrogen) atoms. The van der Waals surface area contributed by atoms with Crippen molar-refractivity contribution in [1.29, 1.82) is 0 Å². The predicted molar refractivity (Wildman–Crippen MR) is 74.9 cm³/mol. The topological polar surface area (TPSA) is 52.3 Å². The number of hydrogen-bond donors (Lipinski definition) is 0. The van der Waals surface area contributed by atoms with E-state index in [9.17, 15) is 4.79 Å². The van der Waals surface area contributed by atoms with E-state index in [2.05, 4.69) is 5.16 Å². The van der Waals surface area contributed by atoms with Crippen molar-refractivity contribution in [2.45, 2.75) is 70.1 Å². The fourth-order valence-corrected chi connectivity index (χ4v) is 3.67. The highest BCUT2D eigenvalue weighted by molar-refractivity contribution is 5.92. The molecule has 1 aromatic heterocycles. The van der Waals surface area contributed by atoms with Crippen LogP contribution in [0, 0.1) is 0 Å². The van der Waals surface area contributed by atoms with Crippen LogP contribution in [0.2, 0.25) is 0 Å². The molecule has 2 saturated carbocycles. The van der Waals surface area contributed by atoms with E-state index in [1.165, 1.54) is 25.7 Å². The number of ether oxygens (including phenoxy) is 1. The van der Waals surface area contributed by atoms with Crippen molar-refractivity contribution in [3.8, 4) is 0 Å². The highest BCUT2D eigenvalue weighted by Gasteiger charge is 2.34. The normalized spacial score (nSPS) is 20.6. The molecule has 0 spiro atoms. The lowest BCUT2D eigenvalue weighted by Gasteiger charge is -2.10. The summed E-state index contributed by atoms with van der Waals surface area (Å²) in [6, 6.07) is 0. The Morgan fingerprint density at radius 1 is 1.15 bits per heavy atom. The van der Waals surface area contributed by atoms with Gasteiger partial charge in [0.15, 0.2) is 5.76 Å². The molecule has 0 unspecified atom stereocenters. The molecule has 1 heterocycles. The Labute approximate surface area is 119 Å². The van der Waals surface area contributed by atoms with E-state index >= 15 is 0 Å². The van der Waals surface area contributed by atoms with Crippen LogP contribution in [0.4, 0.5) is 0 Å². The van der Waals surface area contributed by atoms with Crippen LogP contribution in [0.15, 0.2) is 4.52 Å². The molecule has 0 aromatic carbocycles. The molecular formula is C16H23NO3. The standard InChI is InChI=1S/C16H23NO3/c1-2-19-16(18)13-14(11-7-3-4-8-11)17-20-15(13)12-9-5-6-10-12/h11-12H,2-10H2,1H3. The molecule has 4 heteroatoms. The number of carbonyl (C=O) groups excluding carboxylic acids is 1. The highest BCUT2D eigenvalue weighted by atomic mass is 16.5. The van der Waals surface area contributed by atoms with Crippen LogP contribution in [-0.2, 0) is 4.74 Å². The molecule has 1 aromatic rings. The Balaban J connectivity index is 1.94. The number of carbonyl (C=O) groups is 1. The Hall–Kier alpha value is -1.32. The number of nitrogens with zero attached hydrogens (tertiary/aromatic N) is 1. The van der Waals surface area contributed by atoms with Gasteiger partial charge in [-0.05, 0) is 32.6 Å². The third-order valence-electron chi connectivity index (χ3n) is 4.69. The van der Waals surface area contributed by atoms with Gasteiger partial charge in [-0.3, -0.25) is 0 Å².